The topological polar surface area (TPSA) is 67.8 Å². The monoisotopic (exact) mass is 232 g/mol. The molecular weight excluding hydrogens is 220 g/mol. The van der Waals surface area contributed by atoms with Gasteiger partial charge < -0.3 is 4.74 Å². The molecule has 0 atom stereocenters. The molecule has 5 nitrogen and oxygen atoms in total. The minimum absolute atomic E-state index is 0.369. The molecule has 88 valence electrons. The van der Waals surface area contributed by atoms with Gasteiger partial charge in [0.05, 0.1) is 12.6 Å². The van der Waals surface area contributed by atoms with Crippen LogP contribution in [0.4, 0.5) is 10.5 Å². The Labute approximate surface area is 98.5 Å². The van der Waals surface area contributed by atoms with E-state index < -0.39 is 6.09 Å². The van der Waals surface area contributed by atoms with Crippen molar-refractivity contribution in [1.82, 2.24) is 0 Å². The highest BCUT2D eigenvalue weighted by molar-refractivity contribution is 5.84. The van der Waals surface area contributed by atoms with Crippen LogP contribution in [-0.2, 0) is 15.1 Å². The molecule has 1 aliphatic carbocycles. The normalized spacial score (nSPS) is 15.6. The van der Waals surface area contributed by atoms with Gasteiger partial charge in [-0.3, -0.25) is 5.32 Å². The van der Waals surface area contributed by atoms with Crippen LogP contribution in [0.2, 0.25) is 0 Å². The maximum absolute atomic E-state index is 11.0. The number of aliphatic imine (C=N–C) groups is 1. The molecule has 0 spiro atoms. The lowest BCUT2D eigenvalue weighted by Crippen LogP contribution is -2.11. The lowest BCUT2D eigenvalue weighted by Gasteiger charge is -2.09. The average Bonchev–Trinajstić information content (AvgIpc) is 3.11. The second kappa shape index (κ2) is 4.39. The molecule has 1 saturated carbocycles. The van der Waals surface area contributed by atoms with Crippen molar-refractivity contribution in [2.45, 2.75) is 18.4 Å². The third kappa shape index (κ3) is 2.34. The van der Waals surface area contributed by atoms with Gasteiger partial charge in [-0.05, 0) is 30.5 Å². The maximum Gasteiger partial charge on any atom is 0.411 e. The van der Waals surface area contributed by atoms with Crippen LogP contribution in [0.5, 0.6) is 0 Å². The highest BCUT2D eigenvalue weighted by Crippen LogP contribution is 2.49. The summed E-state index contributed by atoms with van der Waals surface area (Å²) in [5.41, 5.74) is 1.24. The van der Waals surface area contributed by atoms with E-state index in [9.17, 15) is 9.59 Å². The molecule has 5 heteroatoms. The Balaban J connectivity index is 2.13. The van der Waals surface area contributed by atoms with Crippen molar-refractivity contribution in [2.24, 2.45) is 4.99 Å². The lowest BCUT2D eigenvalue weighted by molar-refractivity contribution is 0.187. The summed E-state index contributed by atoms with van der Waals surface area (Å²) in [7, 11) is 1.31. The summed E-state index contributed by atoms with van der Waals surface area (Å²) in [6.07, 6.45) is 2.83. The largest absolute Gasteiger partial charge is 0.453 e. The maximum atomic E-state index is 11.0. The number of anilines is 1. The first-order valence-electron chi connectivity index (χ1n) is 5.25. The third-order valence-electron chi connectivity index (χ3n) is 2.84. The number of ether oxygens (including phenoxy) is 1. The van der Waals surface area contributed by atoms with E-state index in [0.717, 1.165) is 18.4 Å². The highest BCUT2D eigenvalue weighted by atomic mass is 16.5. The van der Waals surface area contributed by atoms with Gasteiger partial charge in [0.15, 0.2) is 0 Å². The molecule has 17 heavy (non-hydrogen) atoms. The quantitative estimate of drug-likeness (QED) is 0.641. The van der Waals surface area contributed by atoms with Gasteiger partial charge in [0.2, 0.25) is 6.08 Å². The number of benzene rings is 1. The molecule has 0 aliphatic heterocycles. The van der Waals surface area contributed by atoms with Crippen LogP contribution in [0.1, 0.15) is 18.4 Å². The van der Waals surface area contributed by atoms with E-state index in [0.29, 0.717) is 5.69 Å². The van der Waals surface area contributed by atoms with Crippen LogP contribution >= 0.6 is 0 Å². The minimum Gasteiger partial charge on any atom is -0.453 e. The molecule has 1 aromatic rings. The van der Waals surface area contributed by atoms with Crippen LogP contribution in [0, 0.1) is 0 Å². The lowest BCUT2D eigenvalue weighted by atomic mass is 10.1. The summed E-state index contributed by atoms with van der Waals surface area (Å²) in [6.45, 7) is 0. The van der Waals surface area contributed by atoms with Crippen LogP contribution in [-0.4, -0.2) is 19.3 Å². The summed E-state index contributed by atoms with van der Waals surface area (Å²) in [5.74, 6) is 0. The fourth-order valence-corrected chi connectivity index (χ4v) is 1.70. The Bertz CT molecular complexity index is 471. The van der Waals surface area contributed by atoms with E-state index in [1.807, 2.05) is 12.1 Å². The van der Waals surface area contributed by atoms with E-state index in [1.165, 1.54) is 7.11 Å². The fourth-order valence-electron chi connectivity index (χ4n) is 1.70. The Morgan fingerprint density at radius 3 is 2.53 bits per heavy atom. The number of nitrogens with zero attached hydrogens (tertiary/aromatic N) is 1. The molecule has 0 heterocycles. The van der Waals surface area contributed by atoms with Crippen molar-refractivity contribution in [2.75, 3.05) is 12.4 Å². The zero-order valence-electron chi connectivity index (χ0n) is 9.40. The predicted octanol–water partition coefficient (Wildman–Crippen LogP) is 2.19. The van der Waals surface area contributed by atoms with Crippen molar-refractivity contribution < 1.29 is 14.3 Å². The molecule has 1 N–H and O–H groups in total. The summed E-state index contributed by atoms with van der Waals surface area (Å²) in [5, 5.41) is 2.55. The van der Waals surface area contributed by atoms with Crippen molar-refractivity contribution in [1.29, 1.82) is 0 Å². The zero-order valence-corrected chi connectivity index (χ0v) is 9.40. The number of hydrogen-bond donors (Lipinski definition) is 1. The Morgan fingerprint density at radius 2 is 2.06 bits per heavy atom. The standard InChI is InChI=1S/C12H12N2O3/c1-17-11(16)14-10-4-2-9(3-5-10)12(6-7-12)13-8-15/h2-5H,6-7H2,1H3,(H,14,16). The van der Waals surface area contributed by atoms with Crippen LogP contribution in [0.25, 0.3) is 0 Å². The minimum atomic E-state index is -0.509. The van der Waals surface area contributed by atoms with Crippen LogP contribution in [0.3, 0.4) is 0 Å². The van der Waals surface area contributed by atoms with Gasteiger partial charge in [-0.1, -0.05) is 12.1 Å². The highest BCUT2D eigenvalue weighted by Gasteiger charge is 2.44. The SMILES string of the molecule is COC(=O)Nc1ccc(C2(N=C=O)CC2)cc1. The molecule has 0 unspecified atom stereocenters. The van der Waals surface area contributed by atoms with Crippen molar-refractivity contribution >= 4 is 17.9 Å². The average molecular weight is 232 g/mol. The Hall–Kier alpha value is -2.13. The molecule has 1 amide bonds. The first-order valence-corrected chi connectivity index (χ1v) is 5.25. The summed E-state index contributed by atoms with van der Waals surface area (Å²) >= 11 is 0. The smallest absolute Gasteiger partial charge is 0.411 e. The van der Waals surface area contributed by atoms with E-state index in [2.05, 4.69) is 15.0 Å². The van der Waals surface area contributed by atoms with Gasteiger partial charge >= 0.3 is 6.09 Å². The molecule has 1 fully saturated rings. The third-order valence-corrected chi connectivity index (χ3v) is 2.84. The first-order chi connectivity index (χ1) is 8.20. The van der Waals surface area contributed by atoms with Crippen molar-refractivity contribution in [3.63, 3.8) is 0 Å². The van der Waals surface area contributed by atoms with Gasteiger partial charge in [-0.15, -0.1) is 0 Å². The molecule has 0 saturated heterocycles. The van der Waals surface area contributed by atoms with Crippen molar-refractivity contribution in [3.8, 4) is 0 Å². The van der Waals surface area contributed by atoms with Gasteiger partial charge in [0.1, 0.15) is 0 Å². The van der Waals surface area contributed by atoms with Gasteiger partial charge in [0.25, 0.3) is 0 Å². The van der Waals surface area contributed by atoms with E-state index >= 15 is 0 Å². The zero-order chi connectivity index (χ0) is 12.3. The Kier molecular flexibility index (Phi) is 2.93. The van der Waals surface area contributed by atoms with E-state index in [-0.39, 0.29) is 5.54 Å². The molecule has 0 radical (unpaired) electrons. The molecular formula is C12H12N2O3. The number of nitrogens with one attached hydrogen (secondary N) is 1. The number of rotatable bonds is 3. The summed E-state index contributed by atoms with van der Waals surface area (Å²) < 4.78 is 4.48. The van der Waals surface area contributed by atoms with Gasteiger partial charge in [0, 0.05) is 5.69 Å². The van der Waals surface area contributed by atoms with Crippen LogP contribution in [0.15, 0.2) is 29.3 Å². The fraction of sp³-hybridized carbons (Fsp3) is 0.333. The van der Waals surface area contributed by atoms with Crippen LogP contribution < -0.4 is 5.32 Å². The van der Waals surface area contributed by atoms with Crippen molar-refractivity contribution in [3.05, 3.63) is 29.8 Å². The molecule has 1 aromatic carbocycles. The number of amides is 1. The molecule has 0 bridgehead atoms. The van der Waals surface area contributed by atoms with E-state index in [1.54, 1.807) is 18.2 Å². The predicted molar refractivity (Wildman–Crippen MR) is 61.5 cm³/mol. The number of isocyanates is 1. The molecule has 1 aliphatic rings. The first kappa shape index (κ1) is 11.4. The van der Waals surface area contributed by atoms with E-state index in [4.69, 9.17) is 0 Å². The van der Waals surface area contributed by atoms with Gasteiger partial charge in [-0.2, -0.15) is 4.99 Å². The van der Waals surface area contributed by atoms with Gasteiger partial charge in [-0.25, -0.2) is 9.59 Å². The molecule has 0 aromatic heterocycles. The number of methoxy groups -OCH3 is 1. The second-order valence-corrected chi connectivity index (χ2v) is 3.93. The number of carbonyl (C=O) groups excluding carboxylic acids is 2. The second-order valence-electron chi connectivity index (χ2n) is 3.93. The number of hydrogen-bond acceptors (Lipinski definition) is 4. The summed E-state index contributed by atoms with van der Waals surface area (Å²) in [4.78, 5) is 25.1. The number of carbonyl (C=O) groups is 1. The summed E-state index contributed by atoms with van der Waals surface area (Å²) in [6, 6.07) is 7.21. The Morgan fingerprint density at radius 1 is 1.41 bits per heavy atom. The molecule has 2 rings (SSSR count).